The maximum Gasteiger partial charge on any atom is 0.266 e. The summed E-state index contributed by atoms with van der Waals surface area (Å²) >= 11 is 3.37. The first-order valence-corrected chi connectivity index (χ1v) is 7.85. The molecule has 1 heterocycles. The summed E-state index contributed by atoms with van der Waals surface area (Å²) in [6.45, 7) is 1.75. The van der Waals surface area contributed by atoms with Gasteiger partial charge in [0.1, 0.15) is 0 Å². The molecule has 0 amide bonds. The molecule has 1 N–H and O–H groups in total. The van der Waals surface area contributed by atoms with Gasteiger partial charge in [-0.1, -0.05) is 23.8 Å². The molecule has 7 heteroatoms. The summed E-state index contributed by atoms with van der Waals surface area (Å²) < 4.78 is 45.4. The normalized spacial score (nSPS) is 19.9. The van der Waals surface area contributed by atoms with Gasteiger partial charge in [-0.3, -0.25) is 0 Å². The zero-order chi connectivity index (χ0) is 14.2. The van der Waals surface area contributed by atoms with Gasteiger partial charge >= 0.3 is 0 Å². The SMILES string of the molecule is CC(c1ccc(N2CCC(F)(F)C2)c(Br)c1)[S-](=N)=O. The molecule has 0 saturated carbocycles. The third-order valence-electron chi connectivity index (χ3n) is 3.27. The van der Waals surface area contributed by atoms with Crippen molar-refractivity contribution in [3.05, 3.63) is 28.2 Å². The van der Waals surface area contributed by atoms with Crippen LogP contribution in [0.25, 0.3) is 0 Å². The minimum Gasteiger partial charge on any atom is -0.444 e. The fourth-order valence-corrected chi connectivity index (χ4v) is 3.14. The molecule has 2 rings (SSSR count). The van der Waals surface area contributed by atoms with Gasteiger partial charge in [0.15, 0.2) is 0 Å². The largest absolute Gasteiger partial charge is 0.444 e. The van der Waals surface area contributed by atoms with E-state index >= 15 is 0 Å². The molecule has 1 aliphatic rings. The van der Waals surface area contributed by atoms with E-state index in [-0.39, 0.29) is 13.0 Å². The third kappa shape index (κ3) is 3.25. The monoisotopic (exact) mass is 351 g/mol. The molecule has 1 unspecified atom stereocenters. The van der Waals surface area contributed by atoms with Gasteiger partial charge in [0.05, 0.1) is 12.2 Å². The Balaban J connectivity index is 2.25. The number of rotatable bonds is 3. The maximum atomic E-state index is 13.2. The first-order valence-electron chi connectivity index (χ1n) is 5.84. The van der Waals surface area contributed by atoms with Crippen molar-refractivity contribution in [1.82, 2.24) is 0 Å². The Hall–Kier alpha value is -0.690. The minimum absolute atomic E-state index is 0.131. The summed E-state index contributed by atoms with van der Waals surface area (Å²) in [6, 6.07) is 5.24. The molecule has 1 fully saturated rings. The average molecular weight is 352 g/mol. The van der Waals surface area contributed by atoms with Gasteiger partial charge in [-0.2, -0.15) is 10.6 Å². The molecule has 19 heavy (non-hydrogen) atoms. The highest BCUT2D eigenvalue weighted by Crippen LogP contribution is 2.36. The van der Waals surface area contributed by atoms with Crippen LogP contribution in [0.4, 0.5) is 14.5 Å². The van der Waals surface area contributed by atoms with Crippen LogP contribution < -0.4 is 4.90 Å². The van der Waals surface area contributed by atoms with Crippen molar-refractivity contribution in [3.63, 3.8) is 0 Å². The third-order valence-corrected chi connectivity index (χ3v) is 4.82. The van der Waals surface area contributed by atoms with Gasteiger partial charge in [-0.05, 0) is 28.1 Å². The second kappa shape index (κ2) is 5.36. The summed E-state index contributed by atoms with van der Waals surface area (Å²) in [7, 11) is -1.70. The molecule has 1 atom stereocenters. The predicted molar refractivity (Wildman–Crippen MR) is 75.1 cm³/mol. The van der Waals surface area contributed by atoms with E-state index in [2.05, 4.69) is 15.9 Å². The van der Waals surface area contributed by atoms with E-state index in [1.165, 1.54) is 0 Å². The summed E-state index contributed by atoms with van der Waals surface area (Å²) in [5.41, 5.74) is 1.47. The molecule has 1 aromatic carbocycles. The number of nitrogens with one attached hydrogen (secondary N) is 1. The van der Waals surface area contributed by atoms with E-state index < -0.39 is 21.8 Å². The summed E-state index contributed by atoms with van der Waals surface area (Å²) in [4.78, 5) is 1.64. The van der Waals surface area contributed by atoms with Crippen LogP contribution in [0, 0.1) is 4.78 Å². The van der Waals surface area contributed by atoms with E-state index in [1.54, 1.807) is 30.0 Å². The molecule has 0 bridgehead atoms. The van der Waals surface area contributed by atoms with Gasteiger partial charge in [0, 0.05) is 17.4 Å². The van der Waals surface area contributed by atoms with E-state index in [0.29, 0.717) is 16.7 Å². The first-order chi connectivity index (χ1) is 8.80. The molecule has 0 spiro atoms. The lowest BCUT2D eigenvalue weighted by atomic mass is 10.1. The standard InChI is InChI=1S/C12H14BrF2N2OS/c1-8(19(16)18)9-2-3-11(10(13)6-9)17-5-4-12(14,15)7-17/h2-3,6,8,16H,4-5,7H2,1H3/q-1. The number of alkyl halides is 2. The Kier molecular flexibility index (Phi) is 4.15. The van der Waals surface area contributed by atoms with Crippen LogP contribution in [-0.4, -0.2) is 19.0 Å². The van der Waals surface area contributed by atoms with E-state index in [0.717, 1.165) is 5.56 Å². The van der Waals surface area contributed by atoms with Gasteiger partial charge in [-0.15, -0.1) is 0 Å². The fourth-order valence-electron chi connectivity index (χ4n) is 2.10. The zero-order valence-corrected chi connectivity index (χ0v) is 12.7. The number of hydrogen-bond acceptors (Lipinski definition) is 4. The van der Waals surface area contributed by atoms with Crippen molar-refractivity contribution in [2.75, 3.05) is 18.0 Å². The topological polar surface area (TPSA) is 44.2 Å². The molecule has 0 aliphatic carbocycles. The summed E-state index contributed by atoms with van der Waals surface area (Å²) in [6.07, 6.45) is -0.131. The second-order valence-electron chi connectivity index (χ2n) is 4.68. The molecule has 1 aliphatic heterocycles. The van der Waals surface area contributed by atoms with Crippen molar-refractivity contribution in [1.29, 1.82) is 4.78 Å². The van der Waals surface area contributed by atoms with Crippen molar-refractivity contribution < 1.29 is 13.0 Å². The first kappa shape index (κ1) is 14.7. The number of anilines is 1. The average Bonchev–Trinajstić information content (AvgIpc) is 2.68. The lowest BCUT2D eigenvalue weighted by molar-refractivity contribution is 0.0257. The Labute approximate surface area is 121 Å². The lowest BCUT2D eigenvalue weighted by Gasteiger charge is -2.22. The lowest BCUT2D eigenvalue weighted by Crippen LogP contribution is -2.25. The van der Waals surface area contributed by atoms with Gasteiger partial charge in [-0.25, -0.2) is 8.78 Å². The van der Waals surface area contributed by atoms with E-state index in [1.807, 2.05) is 0 Å². The molecule has 0 aromatic heterocycles. The highest BCUT2D eigenvalue weighted by molar-refractivity contribution is 9.10. The Morgan fingerprint density at radius 1 is 1.53 bits per heavy atom. The fraction of sp³-hybridized carbons (Fsp3) is 0.500. The van der Waals surface area contributed by atoms with Crippen LogP contribution in [0.5, 0.6) is 0 Å². The Morgan fingerprint density at radius 3 is 2.68 bits per heavy atom. The smallest absolute Gasteiger partial charge is 0.266 e. The zero-order valence-electron chi connectivity index (χ0n) is 10.3. The highest BCUT2D eigenvalue weighted by atomic mass is 79.9. The van der Waals surface area contributed by atoms with Crippen molar-refractivity contribution >= 4 is 32.2 Å². The van der Waals surface area contributed by atoms with Crippen molar-refractivity contribution in [2.24, 2.45) is 0 Å². The van der Waals surface area contributed by atoms with Gasteiger partial charge in [0.25, 0.3) is 5.92 Å². The Morgan fingerprint density at radius 2 is 2.21 bits per heavy atom. The second-order valence-corrected chi connectivity index (χ2v) is 6.83. The quantitative estimate of drug-likeness (QED) is 0.833. The molecular weight excluding hydrogens is 338 g/mol. The summed E-state index contributed by atoms with van der Waals surface area (Å²) in [5.74, 6) is -2.63. The van der Waals surface area contributed by atoms with Crippen LogP contribution in [0.3, 0.4) is 0 Å². The van der Waals surface area contributed by atoms with Crippen LogP contribution in [0.15, 0.2) is 22.7 Å². The van der Waals surface area contributed by atoms with Crippen LogP contribution in [0.2, 0.25) is 0 Å². The van der Waals surface area contributed by atoms with Crippen LogP contribution >= 0.6 is 15.9 Å². The number of halogens is 3. The van der Waals surface area contributed by atoms with E-state index in [9.17, 15) is 13.0 Å². The highest BCUT2D eigenvalue weighted by Gasteiger charge is 2.38. The number of hydrogen-bond donors (Lipinski definition) is 1. The molecule has 106 valence electrons. The number of benzene rings is 1. The van der Waals surface area contributed by atoms with Crippen LogP contribution in [0.1, 0.15) is 24.2 Å². The molecule has 3 nitrogen and oxygen atoms in total. The van der Waals surface area contributed by atoms with Gasteiger partial charge in [0.2, 0.25) is 0 Å². The maximum absolute atomic E-state index is 13.2. The number of nitrogens with zero attached hydrogens (tertiary/aromatic N) is 1. The van der Waals surface area contributed by atoms with Crippen LogP contribution in [-0.2, 0) is 14.8 Å². The summed E-state index contributed by atoms with van der Waals surface area (Å²) in [5, 5.41) is -0.398. The van der Waals surface area contributed by atoms with E-state index in [4.69, 9.17) is 4.78 Å². The predicted octanol–water partition coefficient (Wildman–Crippen LogP) is 4.08. The molecule has 0 radical (unpaired) electrons. The molecular formula is C12H14BrF2N2OS-. The Bertz CT molecular complexity index is 555. The molecule has 1 aromatic rings. The molecule has 1 saturated heterocycles. The van der Waals surface area contributed by atoms with Gasteiger partial charge < -0.3 is 13.9 Å². The van der Waals surface area contributed by atoms with Crippen molar-refractivity contribution in [3.8, 4) is 0 Å². The van der Waals surface area contributed by atoms with Crippen molar-refractivity contribution in [2.45, 2.75) is 24.5 Å². The minimum atomic E-state index is -2.63.